The lowest BCUT2D eigenvalue weighted by atomic mass is 9.79. The number of carbonyl (C=O) groups excluding carboxylic acids is 2. The van der Waals surface area contributed by atoms with Gasteiger partial charge in [-0.15, -0.1) is 3.89 Å². The number of rotatable bonds is 9. The van der Waals surface area contributed by atoms with Crippen molar-refractivity contribution in [1.82, 2.24) is 0 Å². The summed E-state index contributed by atoms with van der Waals surface area (Å²) >= 11 is 0. The SMILES string of the molecule is CCOC(=O)C(CCS(=O)(=O)F)(Cc1ccccc1)C(=O)OCC. The van der Waals surface area contributed by atoms with Crippen molar-refractivity contribution in [3.8, 4) is 0 Å². The van der Waals surface area contributed by atoms with Crippen molar-refractivity contribution in [2.75, 3.05) is 19.0 Å². The van der Waals surface area contributed by atoms with Gasteiger partial charge in [0.1, 0.15) is 0 Å². The molecule has 0 N–H and O–H groups in total. The van der Waals surface area contributed by atoms with Crippen LogP contribution in [0.4, 0.5) is 3.89 Å². The van der Waals surface area contributed by atoms with Crippen LogP contribution in [-0.4, -0.2) is 39.3 Å². The van der Waals surface area contributed by atoms with Gasteiger partial charge in [0.15, 0.2) is 5.41 Å². The van der Waals surface area contributed by atoms with Crippen LogP contribution < -0.4 is 0 Å². The molecule has 0 saturated carbocycles. The Labute approximate surface area is 141 Å². The Hall–Kier alpha value is -1.96. The van der Waals surface area contributed by atoms with Gasteiger partial charge in [0, 0.05) is 0 Å². The monoisotopic (exact) mass is 360 g/mol. The molecule has 0 amide bonds. The summed E-state index contributed by atoms with van der Waals surface area (Å²) in [6.45, 7) is 3.11. The van der Waals surface area contributed by atoms with Gasteiger partial charge < -0.3 is 9.47 Å². The van der Waals surface area contributed by atoms with Gasteiger partial charge in [-0.1, -0.05) is 30.3 Å². The molecule has 134 valence electrons. The lowest BCUT2D eigenvalue weighted by molar-refractivity contribution is -0.172. The molecule has 6 nitrogen and oxygen atoms in total. The van der Waals surface area contributed by atoms with Crippen molar-refractivity contribution in [1.29, 1.82) is 0 Å². The van der Waals surface area contributed by atoms with Crippen molar-refractivity contribution in [3.05, 3.63) is 35.9 Å². The van der Waals surface area contributed by atoms with Crippen LogP contribution in [0.1, 0.15) is 25.8 Å². The van der Waals surface area contributed by atoms with Gasteiger partial charge in [-0.25, -0.2) is 0 Å². The van der Waals surface area contributed by atoms with E-state index in [2.05, 4.69) is 0 Å². The second-order valence-electron chi connectivity index (χ2n) is 5.18. The predicted octanol–water partition coefficient (Wildman–Crippen LogP) is 2.03. The summed E-state index contributed by atoms with van der Waals surface area (Å²) in [4.78, 5) is 24.9. The smallest absolute Gasteiger partial charge is 0.323 e. The molecule has 0 unspecified atom stereocenters. The number of hydrogen-bond acceptors (Lipinski definition) is 6. The number of hydrogen-bond donors (Lipinski definition) is 0. The molecule has 0 aliphatic heterocycles. The second kappa shape index (κ2) is 8.77. The fourth-order valence-corrected chi connectivity index (χ4v) is 2.89. The number of halogens is 1. The van der Waals surface area contributed by atoms with Crippen LogP contribution in [0.5, 0.6) is 0 Å². The van der Waals surface area contributed by atoms with E-state index in [4.69, 9.17) is 9.47 Å². The van der Waals surface area contributed by atoms with Gasteiger partial charge in [-0.05, 0) is 32.3 Å². The van der Waals surface area contributed by atoms with E-state index in [1.54, 1.807) is 44.2 Å². The molecule has 1 aromatic carbocycles. The molecule has 0 heterocycles. The Morgan fingerprint density at radius 3 is 1.96 bits per heavy atom. The summed E-state index contributed by atoms with van der Waals surface area (Å²) in [5, 5.41) is 0. The van der Waals surface area contributed by atoms with Crippen molar-refractivity contribution < 1.29 is 31.4 Å². The highest BCUT2D eigenvalue weighted by Crippen LogP contribution is 2.32. The third-order valence-corrected chi connectivity index (χ3v) is 4.15. The average Bonchev–Trinajstić information content (AvgIpc) is 2.52. The van der Waals surface area contributed by atoms with E-state index < -0.39 is 39.8 Å². The van der Waals surface area contributed by atoms with Gasteiger partial charge in [0.25, 0.3) is 0 Å². The summed E-state index contributed by atoms with van der Waals surface area (Å²) in [5.41, 5.74) is -1.30. The highest BCUT2D eigenvalue weighted by molar-refractivity contribution is 7.86. The molecular weight excluding hydrogens is 339 g/mol. The van der Waals surface area contributed by atoms with Crippen LogP contribution in [-0.2, 0) is 35.7 Å². The molecule has 0 aromatic heterocycles. The summed E-state index contributed by atoms with van der Waals surface area (Å²) in [6, 6.07) is 8.53. The number of esters is 2. The summed E-state index contributed by atoms with van der Waals surface area (Å²) in [7, 11) is -4.86. The normalized spacial score (nSPS) is 11.8. The Bertz CT molecular complexity index is 638. The van der Waals surface area contributed by atoms with E-state index in [9.17, 15) is 21.9 Å². The number of benzene rings is 1. The maximum Gasteiger partial charge on any atom is 0.323 e. The molecule has 0 aliphatic rings. The van der Waals surface area contributed by atoms with Crippen molar-refractivity contribution >= 4 is 22.2 Å². The molecule has 0 fully saturated rings. The van der Waals surface area contributed by atoms with Gasteiger partial charge in [0.05, 0.1) is 19.0 Å². The Balaban J connectivity index is 3.29. The first-order valence-corrected chi connectivity index (χ1v) is 9.11. The minimum absolute atomic E-state index is 0.00282. The van der Waals surface area contributed by atoms with Crippen LogP contribution >= 0.6 is 0 Å². The third-order valence-electron chi connectivity index (χ3n) is 3.45. The number of carbonyl (C=O) groups is 2. The van der Waals surface area contributed by atoms with Gasteiger partial charge in [-0.3, -0.25) is 9.59 Å². The van der Waals surface area contributed by atoms with E-state index in [0.29, 0.717) is 5.56 Å². The molecule has 0 bridgehead atoms. The predicted molar refractivity (Wildman–Crippen MR) is 85.4 cm³/mol. The minimum atomic E-state index is -4.86. The number of ether oxygens (including phenoxy) is 2. The molecule has 8 heteroatoms. The third kappa shape index (κ3) is 5.59. The van der Waals surface area contributed by atoms with Gasteiger partial charge >= 0.3 is 22.2 Å². The van der Waals surface area contributed by atoms with Crippen molar-refractivity contribution in [2.45, 2.75) is 26.7 Å². The zero-order valence-corrected chi connectivity index (χ0v) is 14.5. The van der Waals surface area contributed by atoms with E-state index >= 15 is 0 Å². The van der Waals surface area contributed by atoms with Gasteiger partial charge in [0.2, 0.25) is 0 Å². The van der Waals surface area contributed by atoms with E-state index in [0.717, 1.165) is 0 Å². The van der Waals surface area contributed by atoms with Crippen molar-refractivity contribution in [3.63, 3.8) is 0 Å². The fourth-order valence-electron chi connectivity index (χ4n) is 2.30. The zero-order chi connectivity index (χ0) is 18.2. The molecule has 1 rings (SSSR count). The van der Waals surface area contributed by atoms with E-state index in [1.807, 2.05) is 0 Å². The molecule has 0 atom stereocenters. The molecule has 0 spiro atoms. The lowest BCUT2D eigenvalue weighted by Gasteiger charge is -2.28. The molecular formula is C16H21FO6S. The summed E-state index contributed by atoms with van der Waals surface area (Å²) in [5.74, 6) is -2.82. The fraction of sp³-hybridized carbons (Fsp3) is 0.500. The molecule has 0 saturated heterocycles. The largest absolute Gasteiger partial charge is 0.465 e. The van der Waals surface area contributed by atoms with E-state index in [-0.39, 0.29) is 19.6 Å². The van der Waals surface area contributed by atoms with Crippen molar-refractivity contribution in [2.24, 2.45) is 5.41 Å². The van der Waals surface area contributed by atoms with Crippen LogP contribution in [0.2, 0.25) is 0 Å². The Morgan fingerprint density at radius 2 is 1.54 bits per heavy atom. The molecule has 1 aromatic rings. The van der Waals surface area contributed by atoms with Crippen LogP contribution in [0.15, 0.2) is 30.3 Å². The molecule has 0 radical (unpaired) electrons. The lowest BCUT2D eigenvalue weighted by Crippen LogP contribution is -2.45. The highest BCUT2D eigenvalue weighted by Gasteiger charge is 2.49. The Kier molecular flexibility index (Phi) is 7.34. The average molecular weight is 360 g/mol. The maximum atomic E-state index is 13.0. The minimum Gasteiger partial charge on any atom is -0.465 e. The highest BCUT2D eigenvalue weighted by atomic mass is 32.3. The van der Waals surface area contributed by atoms with Crippen LogP contribution in [0, 0.1) is 5.41 Å². The first-order valence-electron chi connectivity index (χ1n) is 7.56. The van der Waals surface area contributed by atoms with Crippen LogP contribution in [0.3, 0.4) is 0 Å². The quantitative estimate of drug-likeness (QED) is 0.380. The second-order valence-corrected chi connectivity index (χ2v) is 6.66. The summed E-state index contributed by atoms with van der Waals surface area (Å²) < 4.78 is 44.8. The maximum absolute atomic E-state index is 13.0. The standard InChI is InChI=1S/C16H21FO6S/c1-3-22-14(18)16(15(19)23-4-2,10-11-24(17,20)21)12-13-8-6-5-7-9-13/h5-9H,3-4,10-12H2,1-2H3. The first-order chi connectivity index (χ1) is 11.2. The van der Waals surface area contributed by atoms with Crippen LogP contribution in [0.25, 0.3) is 0 Å². The van der Waals surface area contributed by atoms with E-state index in [1.165, 1.54) is 0 Å². The first kappa shape index (κ1) is 20.1. The topological polar surface area (TPSA) is 86.7 Å². The Morgan fingerprint density at radius 1 is 1.04 bits per heavy atom. The molecule has 0 aliphatic carbocycles. The van der Waals surface area contributed by atoms with Gasteiger partial charge in [-0.2, -0.15) is 8.42 Å². The zero-order valence-electron chi connectivity index (χ0n) is 13.7. The molecule has 24 heavy (non-hydrogen) atoms. The summed E-state index contributed by atoms with van der Waals surface area (Å²) in [6.07, 6.45) is -0.695.